The van der Waals surface area contributed by atoms with Crippen LogP contribution in [0.4, 0.5) is 0 Å². The Balaban J connectivity index is -0.000000101. The van der Waals surface area contributed by atoms with Crippen molar-refractivity contribution in [2.24, 2.45) is 0 Å². The molecule has 0 fully saturated rings. The largest absolute Gasteiger partial charge is 2.00 e. The van der Waals surface area contributed by atoms with E-state index in [0.29, 0.717) is 0 Å². The molecule has 11 heavy (non-hydrogen) atoms. The molecule has 0 unspecified atom stereocenters. The predicted octanol–water partition coefficient (Wildman–Crippen LogP) is 2.88. The van der Waals surface area contributed by atoms with E-state index in [4.69, 9.17) is 0 Å². The average molecular weight is 288 g/mol. The van der Waals surface area contributed by atoms with Crippen LogP contribution < -0.4 is 0 Å². The van der Waals surface area contributed by atoms with E-state index in [-0.39, 0.29) is 64.6 Å². The van der Waals surface area contributed by atoms with E-state index in [1.54, 1.807) is 0 Å². The molecule has 0 bridgehead atoms. The first-order chi connectivity index (χ1) is 4.43. The van der Waals surface area contributed by atoms with Gasteiger partial charge in [-0.1, -0.05) is 36.4 Å². The summed E-state index contributed by atoms with van der Waals surface area (Å²) in [5, 5.41) is 0. The van der Waals surface area contributed by atoms with Gasteiger partial charge >= 0.3 is 37.7 Å². The van der Waals surface area contributed by atoms with Crippen LogP contribution in [-0.2, 0) is 6.42 Å². The van der Waals surface area contributed by atoms with E-state index in [1.165, 1.54) is 5.56 Å². The van der Waals surface area contributed by atoms with Crippen molar-refractivity contribution < 1.29 is 2.85 Å². The van der Waals surface area contributed by atoms with Crippen molar-refractivity contribution in [2.75, 3.05) is 0 Å². The normalized spacial score (nSPS) is 7.27. The molecule has 0 saturated carbocycles. The van der Waals surface area contributed by atoms with E-state index >= 15 is 0 Å². The standard InChI is InChI=1S/C9H10.Ca.HI.2H/c1-2-6-9-7-4-3-5-8-9;;;;/h2-5,7-8H,1,6H2;;1H;;/q;+2;;2*-1. The molecular formula is C9H13CaI. The molecule has 0 aliphatic rings. The van der Waals surface area contributed by atoms with Gasteiger partial charge in [-0.25, -0.2) is 0 Å². The summed E-state index contributed by atoms with van der Waals surface area (Å²) in [6.07, 6.45) is 2.89. The molecule has 1 aromatic carbocycles. The Morgan fingerprint density at radius 3 is 2.27 bits per heavy atom. The van der Waals surface area contributed by atoms with E-state index in [2.05, 4.69) is 18.7 Å². The second-order valence-corrected chi connectivity index (χ2v) is 1.98. The summed E-state index contributed by atoms with van der Waals surface area (Å²) in [5.41, 5.74) is 1.33. The topological polar surface area (TPSA) is 0 Å². The van der Waals surface area contributed by atoms with Crippen LogP contribution in [0.1, 0.15) is 8.42 Å². The molecule has 0 spiro atoms. The number of halogens is 1. The van der Waals surface area contributed by atoms with Crippen molar-refractivity contribution in [3.63, 3.8) is 0 Å². The van der Waals surface area contributed by atoms with Gasteiger partial charge in [-0.05, 0) is 12.0 Å². The number of hydrogen-bond acceptors (Lipinski definition) is 0. The van der Waals surface area contributed by atoms with E-state index < -0.39 is 0 Å². The number of hydrogen-bond donors (Lipinski definition) is 0. The fourth-order valence-corrected chi connectivity index (χ4v) is 0.781. The first-order valence-corrected chi connectivity index (χ1v) is 3.08. The van der Waals surface area contributed by atoms with Crippen LogP contribution in [0.25, 0.3) is 0 Å². The molecular weight excluding hydrogens is 275 g/mol. The minimum Gasteiger partial charge on any atom is -1.00 e. The zero-order valence-electron chi connectivity index (χ0n) is 8.49. The van der Waals surface area contributed by atoms with Gasteiger partial charge in [-0.3, -0.25) is 0 Å². The quantitative estimate of drug-likeness (QED) is 0.446. The minimum atomic E-state index is 0. The number of rotatable bonds is 2. The molecule has 0 N–H and O–H groups in total. The molecule has 0 nitrogen and oxygen atoms in total. The fraction of sp³-hybridized carbons (Fsp3) is 0.111. The Hall–Kier alpha value is 0.950. The van der Waals surface area contributed by atoms with Gasteiger partial charge in [-0.2, -0.15) is 0 Å². The van der Waals surface area contributed by atoms with Crippen LogP contribution >= 0.6 is 24.0 Å². The summed E-state index contributed by atoms with van der Waals surface area (Å²) in [6, 6.07) is 10.3. The molecule has 0 saturated heterocycles. The van der Waals surface area contributed by atoms with Gasteiger partial charge in [0.1, 0.15) is 0 Å². The maximum atomic E-state index is 3.66. The molecule has 0 heterocycles. The molecule has 1 rings (SSSR count). The maximum absolute atomic E-state index is 3.66. The van der Waals surface area contributed by atoms with Gasteiger partial charge in [0, 0.05) is 0 Å². The third kappa shape index (κ3) is 6.14. The zero-order chi connectivity index (χ0) is 6.53. The summed E-state index contributed by atoms with van der Waals surface area (Å²) in [5.74, 6) is 0. The third-order valence-corrected chi connectivity index (χ3v) is 1.22. The van der Waals surface area contributed by atoms with Crippen LogP contribution in [0.5, 0.6) is 0 Å². The predicted molar refractivity (Wildman–Crippen MR) is 63.7 cm³/mol. The van der Waals surface area contributed by atoms with Crippen molar-refractivity contribution in [3.8, 4) is 0 Å². The Morgan fingerprint density at radius 1 is 1.27 bits per heavy atom. The average Bonchev–Trinajstić information content (AvgIpc) is 1.91. The summed E-state index contributed by atoms with van der Waals surface area (Å²) in [4.78, 5) is 0. The SMILES string of the molecule is C=CCc1ccccc1.I.[Ca+2].[H-].[H-]. The van der Waals surface area contributed by atoms with E-state index in [9.17, 15) is 0 Å². The van der Waals surface area contributed by atoms with Crippen molar-refractivity contribution in [3.05, 3.63) is 48.6 Å². The molecule has 0 atom stereocenters. The van der Waals surface area contributed by atoms with Crippen LogP contribution in [0.15, 0.2) is 43.0 Å². The van der Waals surface area contributed by atoms with Gasteiger partial charge in [-0.15, -0.1) is 30.6 Å². The summed E-state index contributed by atoms with van der Waals surface area (Å²) in [6.45, 7) is 3.66. The number of allylic oxidation sites excluding steroid dienone is 1. The van der Waals surface area contributed by atoms with Crippen molar-refractivity contribution in [1.29, 1.82) is 0 Å². The first kappa shape index (κ1) is 14.5. The van der Waals surface area contributed by atoms with Gasteiger partial charge in [0.15, 0.2) is 0 Å². The van der Waals surface area contributed by atoms with Crippen LogP contribution in [-0.4, -0.2) is 37.7 Å². The first-order valence-electron chi connectivity index (χ1n) is 3.08. The molecule has 0 radical (unpaired) electrons. The molecule has 0 amide bonds. The Morgan fingerprint density at radius 2 is 1.82 bits per heavy atom. The second kappa shape index (κ2) is 9.04. The van der Waals surface area contributed by atoms with Crippen molar-refractivity contribution in [1.82, 2.24) is 0 Å². The Labute approximate surface area is 118 Å². The Bertz CT molecular complexity index is 192. The van der Waals surface area contributed by atoms with Gasteiger partial charge in [0.2, 0.25) is 0 Å². The molecule has 58 valence electrons. The molecule has 0 aliphatic carbocycles. The molecule has 0 aliphatic heterocycles. The van der Waals surface area contributed by atoms with Crippen molar-refractivity contribution in [2.45, 2.75) is 6.42 Å². The maximum Gasteiger partial charge on any atom is 2.00 e. The molecule has 0 aromatic heterocycles. The smallest absolute Gasteiger partial charge is 1.00 e. The van der Waals surface area contributed by atoms with Gasteiger partial charge in [0.05, 0.1) is 0 Å². The van der Waals surface area contributed by atoms with Crippen LogP contribution in [0.3, 0.4) is 0 Å². The Kier molecular flexibility index (Phi) is 11.9. The molecule has 2 heteroatoms. The summed E-state index contributed by atoms with van der Waals surface area (Å²) in [7, 11) is 0. The summed E-state index contributed by atoms with van der Waals surface area (Å²) < 4.78 is 0. The van der Waals surface area contributed by atoms with Gasteiger partial charge < -0.3 is 2.85 Å². The second-order valence-electron chi connectivity index (χ2n) is 1.98. The number of benzene rings is 1. The monoisotopic (exact) mass is 288 g/mol. The zero-order valence-corrected chi connectivity index (χ0v) is 11.0. The van der Waals surface area contributed by atoms with Gasteiger partial charge in [0.25, 0.3) is 0 Å². The molecule has 1 aromatic rings. The van der Waals surface area contributed by atoms with E-state index in [1.807, 2.05) is 24.3 Å². The fourth-order valence-electron chi connectivity index (χ4n) is 0.781. The third-order valence-electron chi connectivity index (χ3n) is 1.22. The van der Waals surface area contributed by atoms with Crippen LogP contribution in [0, 0.1) is 0 Å². The minimum absolute atomic E-state index is 0. The van der Waals surface area contributed by atoms with E-state index in [0.717, 1.165) is 6.42 Å². The van der Waals surface area contributed by atoms with Crippen LogP contribution in [0.2, 0.25) is 0 Å². The summed E-state index contributed by atoms with van der Waals surface area (Å²) >= 11 is 0. The van der Waals surface area contributed by atoms with Crippen molar-refractivity contribution >= 4 is 61.7 Å².